The Balaban J connectivity index is 1.69. The Morgan fingerprint density at radius 1 is 1.05 bits per heavy atom. The van der Waals surface area contributed by atoms with Gasteiger partial charge in [0.15, 0.2) is 0 Å². The van der Waals surface area contributed by atoms with Gasteiger partial charge in [0.1, 0.15) is 0 Å². The van der Waals surface area contributed by atoms with Gasteiger partial charge in [0.05, 0.1) is 19.6 Å². The highest BCUT2D eigenvalue weighted by atomic mass is 16.7. The number of nitrogens with zero attached hydrogens (tertiary/aromatic N) is 4. The molecule has 4 rings (SSSR count). The molecule has 6 heteroatoms. The first kappa shape index (κ1) is 12.8. The molecule has 0 radical (unpaired) electrons. The lowest BCUT2D eigenvalue weighted by Gasteiger charge is -2.29. The molecule has 0 aliphatic carbocycles. The number of rotatable bonds is 1. The van der Waals surface area contributed by atoms with E-state index in [2.05, 4.69) is 10.3 Å². The van der Waals surface area contributed by atoms with Crippen molar-refractivity contribution in [2.24, 2.45) is 4.99 Å². The van der Waals surface area contributed by atoms with Crippen LogP contribution in [0.3, 0.4) is 0 Å². The summed E-state index contributed by atoms with van der Waals surface area (Å²) in [5.74, 6) is 0. The molecule has 2 aliphatic heterocycles. The highest BCUT2D eigenvalue weighted by Gasteiger charge is 2.42. The van der Waals surface area contributed by atoms with E-state index in [0.29, 0.717) is 0 Å². The molecule has 1 spiro atoms. The van der Waals surface area contributed by atoms with Crippen LogP contribution in [0.15, 0.2) is 29.3 Å². The molecule has 0 unspecified atom stereocenters. The number of H-pyrrole nitrogens is 1. The molecule has 21 heavy (non-hydrogen) atoms. The van der Waals surface area contributed by atoms with Gasteiger partial charge in [-0.15, -0.1) is 0 Å². The van der Waals surface area contributed by atoms with E-state index in [0.717, 1.165) is 54.1 Å². The van der Waals surface area contributed by atoms with Crippen molar-refractivity contribution < 1.29 is 14.2 Å². The van der Waals surface area contributed by atoms with E-state index in [9.17, 15) is 0 Å². The first-order valence-electron chi connectivity index (χ1n) is 7.82. The van der Waals surface area contributed by atoms with Crippen molar-refractivity contribution >= 4 is 17.1 Å². The van der Waals surface area contributed by atoms with Gasteiger partial charge in [0, 0.05) is 29.3 Å². The maximum absolute atomic E-state index is 6.15. The van der Waals surface area contributed by atoms with E-state index in [1.54, 1.807) is 4.85 Å². The van der Waals surface area contributed by atoms with Crippen molar-refractivity contribution in [2.75, 3.05) is 26.2 Å². The normalized spacial score (nSPS) is 21.4. The van der Waals surface area contributed by atoms with Gasteiger partial charge in [-0.3, -0.25) is 0 Å². The van der Waals surface area contributed by atoms with Crippen LogP contribution in [-0.2, 0) is 0 Å². The largest absolute Gasteiger partial charge is 0.442 e. The molecule has 1 fully saturated rings. The minimum absolute atomic E-state index is 0.851. The number of amidine groups is 1. The lowest BCUT2D eigenvalue weighted by Crippen LogP contribution is -2.61. The standard InChI is InChI=1S/C15H20N5O/c1-2-8-14-13(7-1)17-18-19(14)21-15-16-9-3-4-10-20(15)11-5-6-12-20/h1-2,7-8H,3-6,9-12H2/q+1/p+1. The Labute approximate surface area is 123 Å². The molecule has 1 aromatic carbocycles. The maximum Gasteiger partial charge on any atom is 0.442 e. The van der Waals surface area contributed by atoms with Crippen LogP contribution in [0.25, 0.3) is 11.0 Å². The summed E-state index contributed by atoms with van der Waals surface area (Å²) < 4.78 is 0.903. The second-order valence-electron chi connectivity index (χ2n) is 5.98. The number of quaternary nitrogens is 1. The smallest absolute Gasteiger partial charge is 0.238 e. The topological polar surface area (TPSA) is 54.2 Å². The van der Waals surface area contributed by atoms with Gasteiger partial charge < -0.3 is 0 Å². The van der Waals surface area contributed by atoms with E-state index in [1.807, 2.05) is 24.3 Å². The van der Waals surface area contributed by atoms with Crippen LogP contribution in [0.2, 0.25) is 0 Å². The van der Waals surface area contributed by atoms with E-state index in [1.165, 1.54) is 19.3 Å². The van der Waals surface area contributed by atoms with E-state index >= 15 is 0 Å². The highest BCUT2D eigenvalue weighted by molar-refractivity contribution is 5.70. The van der Waals surface area contributed by atoms with Crippen LogP contribution in [0.4, 0.5) is 0 Å². The number of hydrogen-bond donors (Lipinski definition) is 1. The first-order chi connectivity index (χ1) is 10.4. The molecule has 3 heterocycles. The van der Waals surface area contributed by atoms with Crippen LogP contribution in [0.5, 0.6) is 0 Å². The third kappa shape index (κ3) is 2.19. The van der Waals surface area contributed by atoms with Gasteiger partial charge in [-0.25, -0.2) is 4.48 Å². The summed E-state index contributed by atoms with van der Waals surface area (Å²) in [6.45, 7) is 4.30. The van der Waals surface area contributed by atoms with Crippen molar-refractivity contribution in [3.63, 3.8) is 0 Å². The Morgan fingerprint density at radius 3 is 2.67 bits per heavy atom. The maximum atomic E-state index is 6.15. The van der Waals surface area contributed by atoms with Gasteiger partial charge in [-0.2, -0.15) is 9.83 Å². The van der Waals surface area contributed by atoms with Crippen LogP contribution < -0.4 is 9.68 Å². The van der Waals surface area contributed by atoms with Gasteiger partial charge in [-0.1, -0.05) is 12.1 Å². The lowest BCUT2D eigenvalue weighted by atomic mass is 10.3. The molecule has 0 atom stereocenters. The Hall–Kier alpha value is -1.95. The number of benzene rings is 1. The predicted octanol–water partition coefficient (Wildman–Crippen LogP) is 1.04. The SMILES string of the molecule is c1ccc2c(c1)n[nH][n+]2OC1=NCCCC[N+]12CCCC2. The average Bonchev–Trinajstić information content (AvgIpc) is 3.08. The summed E-state index contributed by atoms with van der Waals surface area (Å²) in [5.41, 5.74) is 1.85. The Kier molecular flexibility index (Phi) is 3.11. The summed E-state index contributed by atoms with van der Waals surface area (Å²) >= 11 is 0. The van der Waals surface area contributed by atoms with Gasteiger partial charge >= 0.3 is 6.02 Å². The fourth-order valence-corrected chi connectivity index (χ4v) is 3.45. The molecule has 6 nitrogen and oxygen atoms in total. The summed E-state index contributed by atoms with van der Waals surface area (Å²) in [6.07, 6.45) is 4.90. The number of aliphatic imine (C=N–C) groups is 1. The molecule has 1 N–H and O–H groups in total. The first-order valence-corrected chi connectivity index (χ1v) is 7.82. The van der Waals surface area contributed by atoms with Crippen molar-refractivity contribution in [3.8, 4) is 0 Å². The number of aromatic amines is 1. The molecule has 2 aromatic rings. The molecule has 0 amide bonds. The second kappa shape index (κ2) is 5.11. The monoisotopic (exact) mass is 287 g/mol. The van der Waals surface area contributed by atoms with Crippen LogP contribution in [0, 0.1) is 0 Å². The fraction of sp³-hybridized carbons (Fsp3) is 0.533. The number of hydrogen-bond acceptors (Lipinski definition) is 3. The summed E-state index contributed by atoms with van der Waals surface area (Å²) in [6, 6.07) is 8.80. The zero-order valence-corrected chi connectivity index (χ0v) is 12.2. The van der Waals surface area contributed by atoms with Crippen molar-refractivity contribution in [1.29, 1.82) is 0 Å². The zero-order chi connectivity index (χ0) is 14.1. The lowest BCUT2D eigenvalue weighted by molar-refractivity contribution is -0.933. The fourth-order valence-electron chi connectivity index (χ4n) is 3.45. The number of fused-ring (bicyclic) bond motifs is 1. The molecule has 110 valence electrons. The Bertz CT molecular complexity index is 672. The summed E-state index contributed by atoms with van der Waals surface area (Å²) in [5, 5.41) is 7.22. The third-order valence-electron chi connectivity index (χ3n) is 4.60. The quantitative estimate of drug-likeness (QED) is 0.629. The summed E-state index contributed by atoms with van der Waals surface area (Å²) in [7, 11) is 0. The second-order valence-corrected chi connectivity index (χ2v) is 5.98. The van der Waals surface area contributed by atoms with Crippen LogP contribution >= 0.6 is 0 Å². The number of para-hydroxylation sites is 2. The third-order valence-corrected chi connectivity index (χ3v) is 4.60. The van der Waals surface area contributed by atoms with Gasteiger partial charge in [0.25, 0.3) is 5.52 Å². The molecular formula is C15H21N5O+2. The van der Waals surface area contributed by atoms with Crippen molar-refractivity contribution in [2.45, 2.75) is 25.7 Å². The molecule has 1 aromatic heterocycles. The number of aromatic nitrogens is 3. The highest BCUT2D eigenvalue weighted by Crippen LogP contribution is 2.23. The molecule has 0 bridgehead atoms. The Morgan fingerprint density at radius 2 is 1.81 bits per heavy atom. The van der Waals surface area contributed by atoms with Gasteiger partial charge in [0.2, 0.25) is 5.52 Å². The van der Waals surface area contributed by atoms with Crippen molar-refractivity contribution in [1.82, 2.24) is 10.3 Å². The molecule has 0 saturated carbocycles. The molecular weight excluding hydrogens is 266 g/mol. The molecule has 1 saturated heterocycles. The minimum atomic E-state index is 0.851. The number of nitrogens with one attached hydrogen (secondary N) is 1. The molecule has 2 aliphatic rings. The zero-order valence-electron chi connectivity index (χ0n) is 12.2. The van der Waals surface area contributed by atoms with Crippen LogP contribution in [0.1, 0.15) is 25.7 Å². The predicted molar refractivity (Wildman–Crippen MR) is 78.5 cm³/mol. The summed E-state index contributed by atoms with van der Waals surface area (Å²) in [4.78, 5) is 12.5. The van der Waals surface area contributed by atoms with E-state index in [4.69, 9.17) is 9.83 Å². The van der Waals surface area contributed by atoms with Crippen molar-refractivity contribution in [3.05, 3.63) is 24.3 Å². The van der Waals surface area contributed by atoms with E-state index < -0.39 is 0 Å². The van der Waals surface area contributed by atoms with Crippen LogP contribution in [-0.4, -0.2) is 47.0 Å². The minimum Gasteiger partial charge on any atom is -0.238 e. The van der Waals surface area contributed by atoms with Gasteiger partial charge in [-0.05, 0) is 30.2 Å². The van der Waals surface area contributed by atoms with E-state index in [-0.39, 0.29) is 0 Å². The average molecular weight is 287 g/mol.